The molecule has 1 aliphatic rings. The molecule has 0 spiro atoms. The van der Waals surface area contributed by atoms with Crippen LogP contribution in [0.2, 0.25) is 5.02 Å². The Labute approximate surface area is 114 Å². The number of anilines is 1. The number of nitrogen functional groups attached to an aromatic ring is 1. The number of rotatable bonds is 3. The summed E-state index contributed by atoms with van der Waals surface area (Å²) in [4.78, 5) is 12.6. The SMILES string of the molecule is CCC1CCCCC1C(=O)c1cc(N)cc(Cl)c1. The van der Waals surface area contributed by atoms with E-state index in [1.54, 1.807) is 18.2 Å². The highest BCUT2D eigenvalue weighted by molar-refractivity contribution is 6.31. The summed E-state index contributed by atoms with van der Waals surface area (Å²) in [6.07, 6.45) is 5.65. The molecular weight excluding hydrogens is 246 g/mol. The zero-order valence-electron chi connectivity index (χ0n) is 10.8. The molecule has 0 aliphatic heterocycles. The van der Waals surface area contributed by atoms with Crippen LogP contribution in [0.1, 0.15) is 49.4 Å². The Balaban J connectivity index is 2.23. The van der Waals surface area contributed by atoms with Crippen LogP contribution in [0.3, 0.4) is 0 Å². The highest BCUT2D eigenvalue weighted by Gasteiger charge is 2.30. The van der Waals surface area contributed by atoms with Gasteiger partial charge in [0.25, 0.3) is 0 Å². The summed E-state index contributed by atoms with van der Waals surface area (Å²) >= 11 is 5.97. The standard InChI is InChI=1S/C15H20ClNO/c1-2-10-5-3-4-6-14(10)15(18)11-7-12(16)9-13(17)8-11/h7-10,14H,2-6,17H2,1H3. The third kappa shape index (κ3) is 2.86. The Bertz CT molecular complexity index is 424. The largest absolute Gasteiger partial charge is 0.399 e. The molecule has 0 heterocycles. The highest BCUT2D eigenvalue weighted by atomic mass is 35.5. The van der Waals surface area contributed by atoms with Gasteiger partial charge < -0.3 is 5.73 Å². The van der Waals surface area contributed by atoms with E-state index < -0.39 is 0 Å². The minimum atomic E-state index is 0.154. The van der Waals surface area contributed by atoms with Crippen molar-refractivity contribution in [2.24, 2.45) is 11.8 Å². The van der Waals surface area contributed by atoms with E-state index in [4.69, 9.17) is 17.3 Å². The van der Waals surface area contributed by atoms with Crippen molar-refractivity contribution in [3.05, 3.63) is 28.8 Å². The molecule has 98 valence electrons. The highest BCUT2D eigenvalue weighted by Crippen LogP contribution is 2.35. The predicted octanol–water partition coefficient (Wildman–Crippen LogP) is 4.32. The van der Waals surface area contributed by atoms with E-state index in [0.717, 1.165) is 19.3 Å². The fourth-order valence-electron chi connectivity index (χ4n) is 3.01. The smallest absolute Gasteiger partial charge is 0.166 e. The molecule has 0 bridgehead atoms. The van der Waals surface area contributed by atoms with E-state index in [9.17, 15) is 4.79 Å². The maximum absolute atomic E-state index is 12.6. The van der Waals surface area contributed by atoms with E-state index in [-0.39, 0.29) is 11.7 Å². The molecule has 2 nitrogen and oxygen atoms in total. The number of halogens is 1. The van der Waals surface area contributed by atoms with Crippen molar-refractivity contribution in [1.82, 2.24) is 0 Å². The Morgan fingerprint density at radius 3 is 2.72 bits per heavy atom. The number of hydrogen-bond donors (Lipinski definition) is 1. The van der Waals surface area contributed by atoms with Crippen LogP contribution in [0.5, 0.6) is 0 Å². The minimum Gasteiger partial charge on any atom is -0.399 e. The lowest BCUT2D eigenvalue weighted by Crippen LogP contribution is -2.27. The van der Waals surface area contributed by atoms with E-state index in [1.165, 1.54) is 12.8 Å². The zero-order valence-corrected chi connectivity index (χ0v) is 11.5. The van der Waals surface area contributed by atoms with Crippen molar-refractivity contribution in [2.75, 3.05) is 5.73 Å². The molecule has 0 amide bonds. The Morgan fingerprint density at radius 2 is 2.06 bits per heavy atom. The Morgan fingerprint density at radius 1 is 1.33 bits per heavy atom. The van der Waals surface area contributed by atoms with Gasteiger partial charge in [-0.2, -0.15) is 0 Å². The molecule has 0 saturated heterocycles. The van der Waals surface area contributed by atoms with Crippen LogP contribution in [0.25, 0.3) is 0 Å². The lowest BCUT2D eigenvalue weighted by Gasteiger charge is -2.29. The van der Waals surface area contributed by atoms with E-state index in [2.05, 4.69) is 6.92 Å². The minimum absolute atomic E-state index is 0.154. The monoisotopic (exact) mass is 265 g/mol. The van der Waals surface area contributed by atoms with Gasteiger partial charge in [0.2, 0.25) is 0 Å². The van der Waals surface area contributed by atoms with Gasteiger partial charge in [-0.15, -0.1) is 0 Å². The van der Waals surface area contributed by atoms with Gasteiger partial charge in [-0.1, -0.05) is 37.8 Å². The predicted molar refractivity (Wildman–Crippen MR) is 75.9 cm³/mol. The first-order valence-corrected chi connectivity index (χ1v) is 7.10. The van der Waals surface area contributed by atoms with Gasteiger partial charge in [-0.25, -0.2) is 0 Å². The first-order valence-electron chi connectivity index (χ1n) is 6.72. The summed E-state index contributed by atoms with van der Waals surface area (Å²) in [5.41, 5.74) is 6.99. The van der Waals surface area contributed by atoms with Gasteiger partial charge in [-0.3, -0.25) is 4.79 Å². The summed E-state index contributed by atoms with van der Waals surface area (Å²) in [5, 5.41) is 0.544. The van der Waals surface area contributed by atoms with Crippen molar-refractivity contribution < 1.29 is 4.79 Å². The van der Waals surface area contributed by atoms with Crippen molar-refractivity contribution in [2.45, 2.75) is 39.0 Å². The van der Waals surface area contributed by atoms with Gasteiger partial charge in [0.15, 0.2) is 5.78 Å². The second kappa shape index (κ2) is 5.75. The van der Waals surface area contributed by atoms with Crippen LogP contribution in [0.4, 0.5) is 5.69 Å². The molecule has 2 N–H and O–H groups in total. The second-order valence-electron chi connectivity index (χ2n) is 5.20. The normalized spacial score (nSPS) is 23.9. The fourth-order valence-corrected chi connectivity index (χ4v) is 3.25. The van der Waals surface area contributed by atoms with Crippen LogP contribution in [-0.4, -0.2) is 5.78 Å². The van der Waals surface area contributed by atoms with Crippen molar-refractivity contribution in [3.63, 3.8) is 0 Å². The van der Waals surface area contributed by atoms with Gasteiger partial charge in [0.1, 0.15) is 0 Å². The number of nitrogens with two attached hydrogens (primary N) is 1. The quantitative estimate of drug-likeness (QED) is 0.653. The lowest BCUT2D eigenvalue weighted by atomic mass is 9.74. The van der Waals surface area contributed by atoms with Gasteiger partial charge in [0.05, 0.1) is 0 Å². The van der Waals surface area contributed by atoms with Crippen molar-refractivity contribution in [3.8, 4) is 0 Å². The summed E-state index contributed by atoms with van der Waals surface area (Å²) in [6.45, 7) is 2.17. The summed E-state index contributed by atoms with van der Waals surface area (Å²) in [5.74, 6) is 0.892. The topological polar surface area (TPSA) is 43.1 Å². The molecule has 2 unspecified atom stereocenters. The van der Waals surface area contributed by atoms with Gasteiger partial charge in [0, 0.05) is 22.2 Å². The average Bonchev–Trinajstić information content (AvgIpc) is 2.36. The average molecular weight is 266 g/mol. The molecule has 2 atom stereocenters. The second-order valence-corrected chi connectivity index (χ2v) is 5.63. The van der Waals surface area contributed by atoms with E-state index in [1.807, 2.05) is 0 Å². The van der Waals surface area contributed by atoms with Crippen LogP contribution in [0, 0.1) is 11.8 Å². The lowest BCUT2D eigenvalue weighted by molar-refractivity contribution is 0.0820. The first-order chi connectivity index (χ1) is 8.61. The van der Waals surface area contributed by atoms with E-state index >= 15 is 0 Å². The van der Waals surface area contributed by atoms with Crippen molar-refractivity contribution in [1.29, 1.82) is 0 Å². The van der Waals surface area contributed by atoms with E-state index in [0.29, 0.717) is 22.2 Å². The molecule has 0 aromatic heterocycles. The maximum Gasteiger partial charge on any atom is 0.166 e. The summed E-state index contributed by atoms with van der Waals surface area (Å²) < 4.78 is 0. The Kier molecular flexibility index (Phi) is 4.28. The number of carbonyl (C=O) groups is 1. The molecule has 1 aromatic rings. The first kappa shape index (κ1) is 13.4. The number of carbonyl (C=O) groups excluding carboxylic acids is 1. The van der Waals surface area contributed by atoms with Gasteiger partial charge >= 0.3 is 0 Å². The molecule has 1 fully saturated rings. The maximum atomic E-state index is 12.6. The van der Waals surface area contributed by atoms with Crippen LogP contribution < -0.4 is 5.73 Å². The molecule has 3 heteroatoms. The molecule has 18 heavy (non-hydrogen) atoms. The third-order valence-electron chi connectivity index (χ3n) is 3.97. The number of hydrogen-bond acceptors (Lipinski definition) is 2. The molecule has 1 aromatic carbocycles. The molecule has 1 saturated carbocycles. The Hall–Kier alpha value is -1.02. The van der Waals surface area contributed by atoms with Crippen LogP contribution >= 0.6 is 11.6 Å². The fraction of sp³-hybridized carbons (Fsp3) is 0.533. The van der Waals surface area contributed by atoms with Crippen molar-refractivity contribution >= 4 is 23.1 Å². The molecule has 1 aliphatic carbocycles. The number of benzene rings is 1. The summed E-state index contributed by atoms with van der Waals surface area (Å²) in [6, 6.07) is 5.16. The number of ketones is 1. The molecule has 2 rings (SSSR count). The zero-order chi connectivity index (χ0) is 13.1. The van der Waals surface area contributed by atoms with Crippen LogP contribution in [0.15, 0.2) is 18.2 Å². The third-order valence-corrected chi connectivity index (χ3v) is 4.19. The number of Topliss-reactive ketones (excluding diaryl/α,β-unsaturated/α-hetero) is 1. The molecular formula is C15H20ClNO. The van der Waals surface area contributed by atoms with Crippen LogP contribution in [-0.2, 0) is 0 Å². The molecule has 0 radical (unpaired) electrons. The summed E-state index contributed by atoms with van der Waals surface area (Å²) in [7, 11) is 0. The van der Waals surface area contributed by atoms with Gasteiger partial charge in [-0.05, 0) is 37.0 Å².